The highest BCUT2D eigenvalue weighted by molar-refractivity contribution is 8.00. The Morgan fingerprint density at radius 3 is 2.36 bits per heavy atom. The molecule has 0 radical (unpaired) electrons. The highest BCUT2D eigenvalue weighted by Crippen LogP contribution is 2.43. The first-order chi connectivity index (χ1) is 17.7. The molecule has 2 N–H and O–H groups in total. The van der Waals surface area contributed by atoms with Crippen LogP contribution >= 0.6 is 11.8 Å². The number of likely N-dealkylation sites (tertiary alicyclic amines) is 2. The van der Waals surface area contributed by atoms with E-state index in [1.165, 1.54) is 69.7 Å². The summed E-state index contributed by atoms with van der Waals surface area (Å²) in [7, 11) is 0. The zero-order valence-electron chi connectivity index (χ0n) is 21.1. The molecule has 0 aromatic carbocycles. The van der Waals surface area contributed by atoms with E-state index in [9.17, 15) is 0 Å². The van der Waals surface area contributed by atoms with Crippen LogP contribution in [0.3, 0.4) is 0 Å². The second-order valence-corrected chi connectivity index (χ2v) is 11.9. The van der Waals surface area contributed by atoms with Gasteiger partial charge >= 0.3 is 0 Å². The smallest absolute Gasteiger partial charge is 0.219 e. The number of piperidine rings is 2. The SMILES string of the molecule is Nc1ncc(-c2nc3c(c(N4CCOCC4)n2)SC(CN2CCC(CN4CCCCC4)CC2)C3)cn1. The monoisotopic (exact) mass is 510 g/mol. The topological polar surface area (TPSA) is 96.5 Å². The molecule has 0 amide bonds. The van der Waals surface area contributed by atoms with E-state index in [-0.39, 0.29) is 5.95 Å². The second kappa shape index (κ2) is 11.2. The van der Waals surface area contributed by atoms with Gasteiger partial charge in [0.2, 0.25) is 5.95 Å². The molecule has 2 aromatic rings. The fourth-order valence-corrected chi connectivity index (χ4v) is 7.39. The average molecular weight is 511 g/mol. The normalized spacial score (nSPS) is 24.2. The maximum Gasteiger partial charge on any atom is 0.219 e. The number of nitrogens with zero attached hydrogens (tertiary/aromatic N) is 7. The lowest BCUT2D eigenvalue weighted by atomic mass is 9.95. The van der Waals surface area contributed by atoms with Gasteiger partial charge in [-0.25, -0.2) is 19.9 Å². The Kier molecular flexibility index (Phi) is 7.55. The fourth-order valence-electron chi connectivity index (χ4n) is 5.99. The molecule has 194 valence electrons. The van der Waals surface area contributed by atoms with Crippen molar-refractivity contribution in [3.05, 3.63) is 18.1 Å². The number of thioether (sulfide) groups is 1. The number of nitrogens with two attached hydrogens (primary N) is 1. The third kappa shape index (κ3) is 5.61. The molecular weight excluding hydrogens is 472 g/mol. The van der Waals surface area contributed by atoms with Crippen LogP contribution in [-0.2, 0) is 11.2 Å². The summed E-state index contributed by atoms with van der Waals surface area (Å²) in [4.78, 5) is 27.3. The van der Waals surface area contributed by atoms with Gasteiger partial charge in [-0.1, -0.05) is 6.42 Å². The summed E-state index contributed by atoms with van der Waals surface area (Å²) in [5.41, 5.74) is 7.68. The Bertz CT molecular complexity index is 1020. The molecule has 10 heteroatoms. The highest BCUT2D eigenvalue weighted by atomic mass is 32.2. The minimum absolute atomic E-state index is 0.267. The molecule has 2 aromatic heterocycles. The summed E-state index contributed by atoms with van der Waals surface area (Å²) < 4.78 is 5.61. The van der Waals surface area contributed by atoms with Gasteiger partial charge in [-0.05, 0) is 57.8 Å². The molecule has 1 atom stereocenters. The van der Waals surface area contributed by atoms with Gasteiger partial charge in [0.15, 0.2) is 5.82 Å². The van der Waals surface area contributed by atoms with Crippen molar-refractivity contribution in [2.45, 2.75) is 48.7 Å². The van der Waals surface area contributed by atoms with Gasteiger partial charge in [0.05, 0.1) is 29.4 Å². The molecule has 4 aliphatic heterocycles. The van der Waals surface area contributed by atoms with E-state index in [1.807, 2.05) is 11.8 Å². The largest absolute Gasteiger partial charge is 0.378 e. The fraction of sp³-hybridized carbons (Fsp3) is 0.692. The van der Waals surface area contributed by atoms with Gasteiger partial charge in [-0.15, -0.1) is 11.8 Å². The summed E-state index contributed by atoms with van der Waals surface area (Å²) in [6.07, 6.45) is 11.3. The van der Waals surface area contributed by atoms with E-state index >= 15 is 0 Å². The Morgan fingerprint density at radius 1 is 0.889 bits per heavy atom. The van der Waals surface area contributed by atoms with Crippen molar-refractivity contribution >= 4 is 23.5 Å². The van der Waals surface area contributed by atoms with E-state index in [1.54, 1.807) is 12.4 Å². The molecule has 0 saturated carbocycles. The van der Waals surface area contributed by atoms with E-state index in [4.69, 9.17) is 20.4 Å². The molecule has 3 fully saturated rings. The molecule has 3 saturated heterocycles. The molecule has 0 bridgehead atoms. The van der Waals surface area contributed by atoms with Gasteiger partial charge in [-0.3, -0.25) is 0 Å². The summed E-state index contributed by atoms with van der Waals surface area (Å²) in [5, 5.41) is 0.519. The van der Waals surface area contributed by atoms with E-state index in [0.29, 0.717) is 11.1 Å². The number of ether oxygens (including phenoxy) is 1. The number of rotatable bonds is 6. The van der Waals surface area contributed by atoms with Crippen molar-refractivity contribution < 1.29 is 4.74 Å². The zero-order chi connectivity index (χ0) is 24.3. The number of anilines is 2. The Balaban J connectivity index is 1.12. The minimum atomic E-state index is 0.267. The van der Waals surface area contributed by atoms with Gasteiger partial charge < -0.3 is 25.2 Å². The van der Waals surface area contributed by atoms with Crippen LogP contribution in [0, 0.1) is 5.92 Å². The molecule has 4 aliphatic rings. The van der Waals surface area contributed by atoms with E-state index in [0.717, 1.165) is 62.3 Å². The van der Waals surface area contributed by atoms with Gasteiger partial charge in [0.1, 0.15) is 5.82 Å². The summed E-state index contributed by atoms with van der Waals surface area (Å²) in [6, 6.07) is 0. The number of nitrogen functional groups attached to an aromatic ring is 1. The minimum Gasteiger partial charge on any atom is -0.378 e. The Morgan fingerprint density at radius 2 is 1.61 bits per heavy atom. The molecule has 6 heterocycles. The first-order valence-corrected chi connectivity index (χ1v) is 14.5. The standard InChI is InChI=1S/C26H38N8OS/c27-26-28-15-20(16-29-26)24-30-22-14-21(36-23(22)25(31-24)34-10-12-35-13-11-34)18-33-8-4-19(5-9-33)17-32-6-2-1-3-7-32/h15-16,19,21H,1-14,17-18H2,(H2,27,28,29). The number of morpholine rings is 1. The average Bonchev–Trinajstić information content (AvgIpc) is 3.33. The van der Waals surface area contributed by atoms with Crippen molar-refractivity contribution in [2.75, 3.05) is 76.2 Å². The first kappa shape index (κ1) is 24.3. The molecule has 0 aliphatic carbocycles. The van der Waals surface area contributed by atoms with E-state index < -0.39 is 0 Å². The van der Waals surface area contributed by atoms with Gasteiger partial charge in [0, 0.05) is 50.2 Å². The van der Waals surface area contributed by atoms with Crippen LogP contribution in [0.25, 0.3) is 11.4 Å². The first-order valence-electron chi connectivity index (χ1n) is 13.6. The van der Waals surface area contributed by atoms with Crippen LogP contribution in [0.2, 0.25) is 0 Å². The molecule has 0 spiro atoms. The third-order valence-electron chi connectivity index (χ3n) is 8.00. The molecule has 9 nitrogen and oxygen atoms in total. The Labute approximate surface area is 218 Å². The van der Waals surface area contributed by atoms with Crippen molar-refractivity contribution in [2.24, 2.45) is 5.92 Å². The van der Waals surface area contributed by atoms with Crippen LogP contribution in [-0.4, -0.2) is 101 Å². The highest BCUT2D eigenvalue weighted by Gasteiger charge is 2.33. The lowest BCUT2D eigenvalue weighted by Crippen LogP contribution is -2.42. The van der Waals surface area contributed by atoms with Crippen LogP contribution in [0.4, 0.5) is 11.8 Å². The van der Waals surface area contributed by atoms with Gasteiger partial charge in [-0.2, -0.15) is 0 Å². The van der Waals surface area contributed by atoms with Gasteiger partial charge in [0.25, 0.3) is 0 Å². The quantitative estimate of drug-likeness (QED) is 0.624. The summed E-state index contributed by atoms with van der Waals surface area (Å²) in [5.74, 6) is 2.87. The molecule has 6 rings (SSSR count). The summed E-state index contributed by atoms with van der Waals surface area (Å²) in [6.45, 7) is 10.7. The third-order valence-corrected chi connectivity index (χ3v) is 9.30. The van der Waals surface area contributed by atoms with Crippen LogP contribution < -0.4 is 10.6 Å². The van der Waals surface area contributed by atoms with Crippen molar-refractivity contribution in [1.82, 2.24) is 29.7 Å². The molecular formula is C26H38N8OS. The Hall–Kier alpha value is -2.01. The second-order valence-electron chi connectivity index (χ2n) is 10.6. The lowest BCUT2D eigenvalue weighted by molar-refractivity contribution is 0.122. The molecule has 36 heavy (non-hydrogen) atoms. The predicted molar refractivity (Wildman–Crippen MR) is 143 cm³/mol. The zero-order valence-corrected chi connectivity index (χ0v) is 22.0. The van der Waals surface area contributed by atoms with Crippen LogP contribution in [0.15, 0.2) is 17.3 Å². The number of hydrogen-bond acceptors (Lipinski definition) is 10. The van der Waals surface area contributed by atoms with Crippen molar-refractivity contribution in [1.29, 1.82) is 0 Å². The lowest BCUT2D eigenvalue weighted by Gasteiger charge is -2.36. The summed E-state index contributed by atoms with van der Waals surface area (Å²) >= 11 is 1.98. The van der Waals surface area contributed by atoms with Crippen LogP contribution in [0.5, 0.6) is 0 Å². The number of aromatic nitrogens is 4. The number of fused-ring (bicyclic) bond motifs is 1. The number of hydrogen-bond donors (Lipinski definition) is 1. The van der Waals surface area contributed by atoms with Crippen molar-refractivity contribution in [3.8, 4) is 11.4 Å². The van der Waals surface area contributed by atoms with Crippen LogP contribution in [0.1, 0.15) is 37.8 Å². The molecule has 1 unspecified atom stereocenters. The maximum absolute atomic E-state index is 5.71. The van der Waals surface area contributed by atoms with Crippen molar-refractivity contribution in [3.63, 3.8) is 0 Å². The maximum atomic E-state index is 5.71. The predicted octanol–water partition coefficient (Wildman–Crippen LogP) is 2.57. The van der Waals surface area contributed by atoms with E-state index in [2.05, 4.69) is 24.7 Å².